The number of hydrogen-bond donors (Lipinski definition) is 1. The van der Waals surface area contributed by atoms with Crippen LogP contribution in [0.3, 0.4) is 0 Å². The van der Waals surface area contributed by atoms with E-state index in [0.717, 1.165) is 0 Å². The Bertz CT molecular complexity index is 73.9. The summed E-state index contributed by atoms with van der Waals surface area (Å²) in [6.45, 7) is -1.73. The number of alkyl halides is 3. The second-order valence-electron chi connectivity index (χ2n) is 0.988. The molecule has 10 heavy (non-hydrogen) atoms. The zero-order valence-corrected chi connectivity index (χ0v) is 8.25. The topological polar surface area (TPSA) is 20.2 Å². The first-order valence-electron chi connectivity index (χ1n) is 1.80. The van der Waals surface area contributed by atoms with Crippen molar-refractivity contribution in [3.05, 3.63) is 0 Å². The summed E-state index contributed by atoms with van der Waals surface area (Å²) < 4.78 is 31.6. The molecule has 1 nitrogen and oxygen atoms in total. The molecule has 0 aromatic rings. The van der Waals surface area contributed by atoms with E-state index in [9.17, 15) is 13.2 Å². The van der Waals surface area contributed by atoms with Crippen molar-refractivity contribution in [2.24, 2.45) is 0 Å². The SMILES string of the molecule is OCC(F)(F)F.[Cl][Ti]([Cl])[Cl]. The van der Waals surface area contributed by atoms with Crippen molar-refractivity contribution in [2.75, 3.05) is 6.61 Å². The van der Waals surface area contributed by atoms with Crippen molar-refractivity contribution < 1.29 is 33.0 Å². The minimum absolute atomic E-state index is 1.73. The molecule has 0 bridgehead atoms. The zero-order valence-electron chi connectivity index (χ0n) is 4.42. The number of rotatable bonds is 0. The number of aliphatic hydroxyl groups excluding tert-OH is 1. The Labute approximate surface area is 73.5 Å². The van der Waals surface area contributed by atoms with Crippen molar-refractivity contribution in [1.82, 2.24) is 0 Å². The predicted octanol–water partition coefficient (Wildman–Crippen LogP) is 2.61. The maximum atomic E-state index is 10.5. The van der Waals surface area contributed by atoms with Crippen LogP contribution in [0.4, 0.5) is 13.2 Å². The van der Waals surface area contributed by atoms with Crippen molar-refractivity contribution in [3.63, 3.8) is 0 Å². The third-order valence-electron chi connectivity index (χ3n) is 0.179. The first-order valence-corrected chi connectivity index (χ1v) is 8.25. The van der Waals surface area contributed by atoms with Crippen LogP contribution in [0.5, 0.6) is 0 Å². The summed E-state index contributed by atoms with van der Waals surface area (Å²) in [5.74, 6) is 0. The molecule has 63 valence electrons. The molecular weight excluding hydrogens is 251 g/mol. The van der Waals surface area contributed by atoms with Crippen LogP contribution in [-0.4, -0.2) is 17.9 Å². The van der Waals surface area contributed by atoms with Gasteiger partial charge in [-0.2, -0.15) is 13.2 Å². The molecule has 0 rings (SSSR count). The molecular formula is C2H3Cl3F3OTi. The molecule has 0 aliphatic heterocycles. The van der Waals surface area contributed by atoms with Crippen LogP contribution < -0.4 is 0 Å². The molecule has 8 heteroatoms. The van der Waals surface area contributed by atoms with Gasteiger partial charge in [0.25, 0.3) is 0 Å². The van der Waals surface area contributed by atoms with Crippen LogP contribution in [0.1, 0.15) is 0 Å². The molecule has 0 aliphatic carbocycles. The van der Waals surface area contributed by atoms with Gasteiger partial charge in [0.1, 0.15) is 6.61 Å². The normalized spacial score (nSPS) is 9.90. The van der Waals surface area contributed by atoms with Crippen LogP contribution in [0.2, 0.25) is 0 Å². The van der Waals surface area contributed by atoms with E-state index in [1.165, 1.54) is 0 Å². The Morgan fingerprint density at radius 3 is 1.30 bits per heavy atom. The van der Waals surface area contributed by atoms with Gasteiger partial charge in [0, 0.05) is 0 Å². The van der Waals surface area contributed by atoms with E-state index in [1.807, 2.05) is 0 Å². The van der Waals surface area contributed by atoms with Gasteiger partial charge in [-0.05, 0) is 0 Å². The summed E-state index contributed by atoms with van der Waals surface area (Å²) in [5.41, 5.74) is 0. The molecule has 0 heterocycles. The average Bonchev–Trinajstić information content (AvgIpc) is 1.63. The summed E-state index contributed by atoms with van der Waals surface area (Å²) in [6, 6.07) is 0. The molecule has 0 aliphatic rings. The van der Waals surface area contributed by atoms with Crippen molar-refractivity contribution in [2.45, 2.75) is 6.18 Å². The van der Waals surface area contributed by atoms with Gasteiger partial charge in [0.05, 0.1) is 0 Å². The molecule has 0 saturated heterocycles. The third kappa shape index (κ3) is 34.5. The molecule has 0 amide bonds. The second kappa shape index (κ2) is 7.01. The first-order chi connectivity index (χ1) is 4.29. The number of halogens is 6. The Kier molecular flexibility index (Phi) is 9.74. The summed E-state index contributed by atoms with van der Waals surface area (Å²) in [5, 5.41) is 7.28. The van der Waals surface area contributed by atoms with Gasteiger partial charge < -0.3 is 5.11 Å². The van der Waals surface area contributed by atoms with E-state index < -0.39 is 27.5 Å². The maximum absolute atomic E-state index is 10.5. The van der Waals surface area contributed by atoms with Gasteiger partial charge in [0.15, 0.2) is 0 Å². The van der Waals surface area contributed by atoms with Gasteiger partial charge in [-0.1, -0.05) is 0 Å². The zero-order chi connectivity index (χ0) is 8.78. The van der Waals surface area contributed by atoms with Crippen molar-refractivity contribution in [3.8, 4) is 0 Å². The van der Waals surface area contributed by atoms with Gasteiger partial charge in [0.2, 0.25) is 0 Å². The molecule has 0 radical (unpaired) electrons. The molecule has 0 fully saturated rings. The summed E-state index contributed by atoms with van der Waals surface area (Å²) >= 11 is -1.92. The minimum atomic E-state index is -4.40. The van der Waals surface area contributed by atoms with Crippen LogP contribution >= 0.6 is 27.9 Å². The van der Waals surface area contributed by atoms with E-state index in [4.69, 9.17) is 33.0 Å². The standard InChI is InChI=1S/C2H3F3O.3ClH.Ti/c3-2(4,5)1-6;;;;/h6H,1H2;3*1H;/q;;;;+3/p-3. The predicted molar refractivity (Wildman–Crippen MR) is 30.7 cm³/mol. The van der Waals surface area contributed by atoms with Gasteiger partial charge >= 0.3 is 48.8 Å². The van der Waals surface area contributed by atoms with Crippen LogP contribution in [0.15, 0.2) is 0 Å². The third-order valence-corrected chi connectivity index (χ3v) is 0.179. The Hall–Kier alpha value is 1.33. The van der Waals surface area contributed by atoms with Crippen molar-refractivity contribution >= 4 is 27.9 Å². The van der Waals surface area contributed by atoms with Crippen LogP contribution in [0.25, 0.3) is 0 Å². The molecule has 1 N–H and O–H groups in total. The van der Waals surface area contributed by atoms with Crippen LogP contribution in [-0.2, 0) is 14.7 Å². The summed E-state index contributed by atoms with van der Waals surface area (Å²) in [6.07, 6.45) is -4.40. The average molecular weight is 254 g/mol. The summed E-state index contributed by atoms with van der Waals surface area (Å²) in [4.78, 5) is 0. The monoisotopic (exact) mass is 253 g/mol. The quantitative estimate of drug-likeness (QED) is 0.659. The Morgan fingerprint density at radius 1 is 1.20 bits per heavy atom. The molecule has 0 unspecified atom stereocenters. The van der Waals surface area contributed by atoms with Crippen LogP contribution in [0, 0.1) is 0 Å². The fourth-order valence-corrected chi connectivity index (χ4v) is 0. The molecule has 0 aromatic heterocycles. The van der Waals surface area contributed by atoms with Gasteiger partial charge in [-0.3, -0.25) is 0 Å². The van der Waals surface area contributed by atoms with Gasteiger partial charge in [-0.15, -0.1) is 0 Å². The van der Waals surface area contributed by atoms with E-state index in [0.29, 0.717) is 0 Å². The summed E-state index contributed by atoms with van der Waals surface area (Å²) in [7, 11) is 14.9. The number of aliphatic hydroxyl groups is 1. The fourth-order valence-electron chi connectivity index (χ4n) is 0. The molecule has 0 spiro atoms. The Morgan fingerprint density at radius 2 is 1.30 bits per heavy atom. The first kappa shape index (κ1) is 13.9. The second-order valence-corrected chi connectivity index (χ2v) is 8.72. The van der Waals surface area contributed by atoms with E-state index in [2.05, 4.69) is 0 Å². The van der Waals surface area contributed by atoms with E-state index in [-0.39, 0.29) is 0 Å². The number of hydrogen-bond acceptors (Lipinski definition) is 1. The molecule has 0 saturated carbocycles. The molecule has 0 atom stereocenters. The van der Waals surface area contributed by atoms with E-state index >= 15 is 0 Å². The van der Waals surface area contributed by atoms with Gasteiger partial charge in [-0.25, -0.2) is 0 Å². The molecule has 0 aromatic carbocycles. The fraction of sp³-hybridized carbons (Fsp3) is 1.00. The van der Waals surface area contributed by atoms with Crippen molar-refractivity contribution in [1.29, 1.82) is 0 Å². The Balaban J connectivity index is 0. The van der Waals surface area contributed by atoms with E-state index in [1.54, 1.807) is 0 Å².